The Morgan fingerprint density at radius 3 is 2.47 bits per heavy atom. The Kier molecular flexibility index (Phi) is 5.81. The number of rotatable bonds is 8. The summed E-state index contributed by atoms with van der Waals surface area (Å²) in [6.07, 6.45) is 5.60. The number of aryl methyl sites for hydroxylation is 1. The minimum absolute atomic E-state index is 0.0404. The minimum atomic E-state index is 0.0404. The molecule has 164 valence electrons. The zero-order valence-electron chi connectivity index (χ0n) is 18.3. The van der Waals surface area contributed by atoms with Gasteiger partial charge in [0.1, 0.15) is 5.82 Å². The van der Waals surface area contributed by atoms with Gasteiger partial charge in [-0.25, -0.2) is 4.98 Å². The summed E-state index contributed by atoms with van der Waals surface area (Å²) in [5.41, 5.74) is 6.42. The second-order valence-corrected chi connectivity index (χ2v) is 8.46. The highest BCUT2D eigenvalue weighted by atomic mass is 16.3. The minimum Gasteiger partial charge on any atom is -0.390 e. The Morgan fingerprint density at radius 1 is 1.06 bits per heavy atom. The largest absolute Gasteiger partial charge is 0.390 e. The summed E-state index contributed by atoms with van der Waals surface area (Å²) in [4.78, 5) is 4.97. The molecule has 0 amide bonds. The molecule has 7 heteroatoms. The Labute approximate surface area is 187 Å². The maximum atomic E-state index is 10.2. The van der Waals surface area contributed by atoms with E-state index >= 15 is 0 Å². The smallest absolute Gasteiger partial charge is 0.205 e. The number of nitrogens with zero attached hydrogens (tertiary/aromatic N) is 5. The Bertz CT molecular complexity index is 1180. The third-order valence-corrected chi connectivity index (χ3v) is 6.42. The van der Waals surface area contributed by atoms with Crippen LogP contribution in [0.2, 0.25) is 0 Å². The lowest BCUT2D eigenvalue weighted by atomic mass is 9.82. The molecule has 1 fully saturated rings. The van der Waals surface area contributed by atoms with Crippen LogP contribution < -0.4 is 0 Å². The van der Waals surface area contributed by atoms with E-state index in [1.807, 2.05) is 18.2 Å². The Balaban J connectivity index is 1.45. The molecule has 0 atom stereocenters. The summed E-state index contributed by atoms with van der Waals surface area (Å²) in [6.45, 7) is 2.94. The maximum absolute atomic E-state index is 10.2. The average molecular weight is 429 g/mol. The highest BCUT2D eigenvalue weighted by Gasteiger charge is 2.27. The van der Waals surface area contributed by atoms with Gasteiger partial charge in [-0.3, -0.25) is 0 Å². The number of hydrogen-bond donors (Lipinski definition) is 2. The molecule has 2 N–H and O–H groups in total. The number of tetrazole rings is 1. The molecule has 1 aliphatic rings. The number of aromatic amines is 1. The normalized spacial score (nSPS) is 13.9. The molecule has 0 unspecified atom stereocenters. The fraction of sp³-hybridized carbons (Fsp3) is 0.360. The molecular formula is C25H28N6O. The maximum Gasteiger partial charge on any atom is 0.205 e. The van der Waals surface area contributed by atoms with E-state index in [2.05, 4.69) is 62.4 Å². The predicted octanol–water partition coefficient (Wildman–Crippen LogP) is 4.49. The topological polar surface area (TPSA) is 92.5 Å². The lowest BCUT2D eigenvalue weighted by Gasteiger charge is -2.24. The molecule has 1 aliphatic carbocycles. The van der Waals surface area contributed by atoms with Crippen molar-refractivity contribution in [1.82, 2.24) is 30.2 Å². The molecule has 0 bridgehead atoms. The lowest BCUT2D eigenvalue weighted by Crippen LogP contribution is -2.13. The van der Waals surface area contributed by atoms with E-state index in [9.17, 15) is 5.11 Å². The van der Waals surface area contributed by atoms with Gasteiger partial charge >= 0.3 is 0 Å². The first kappa shape index (κ1) is 20.6. The summed E-state index contributed by atoms with van der Waals surface area (Å²) in [7, 11) is 0. The van der Waals surface area contributed by atoms with Crippen LogP contribution in [0, 0.1) is 0 Å². The van der Waals surface area contributed by atoms with Gasteiger partial charge in [0, 0.05) is 24.4 Å². The highest BCUT2D eigenvalue weighted by Crippen LogP contribution is 2.38. The van der Waals surface area contributed by atoms with Gasteiger partial charge in [-0.15, -0.1) is 10.2 Å². The monoisotopic (exact) mass is 428 g/mol. The van der Waals surface area contributed by atoms with Gasteiger partial charge in [0.15, 0.2) is 0 Å². The van der Waals surface area contributed by atoms with Crippen molar-refractivity contribution in [2.45, 2.75) is 58.1 Å². The van der Waals surface area contributed by atoms with Gasteiger partial charge in [0.25, 0.3) is 0 Å². The van der Waals surface area contributed by atoms with Crippen LogP contribution in [-0.4, -0.2) is 35.3 Å². The van der Waals surface area contributed by atoms with Gasteiger partial charge in [-0.2, -0.15) is 5.21 Å². The van der Waals surface area contributed by atoms with E-state index in [-0.39, 0.29) is 6.61 Å². The number of hydrogen-bond acceptors (Lipinski definition) is 5. The molecule has 0 radical (unpaired) electrons. The van der Waals surface area contributed by atoms with E-state index in [1.165, 1.54) is 24.8 Å². The van der Waals surface area contributed by atoms with Crippen LogP contribution in [-0.2, 0) is 19.6 Å². The van der Waals surface area contributed by atoms with E-state index in [0.29, 0.717) is 11.7 Å². The number of aromatic nitrogens is 6. The summed E-state index contributed by atoms with van der Waals surface area (Å²) in [5, 5.41) is 24.7. The predicted molar refractivity (Wildman–Crippen MR) is 123 cm³/mol. The quantitative estimate of drug-likeness (QED) is 0.431. The molecule has 4 aromatic rings. The number of aliphatic hydroxyl groups excluding tert-OH is 1. The average Bonchev–Trinajstić information content (AvgIpc) is 3.43. The van der Waals surface area contributed by atoms with E-state index < -0.39 is 0 Å². The molecule has 2 aromatic carbocycles. The van der Waals surface area contributed by atoms with Gasteiger partial charge in [0.05, 0.1) is 18.0 Å². The summed E-state index contributed by atoms with van der Waals surface area (Å²) in [5.74, 6) is 2.19. The van der Waals surface area contributed by atoms with Crippen LogP contribution in [0.3, 0.4) is 0 Å². The Morgan fingerprint density at radius 2 is 1.84 bits per heavy atom. The number of benzene rings is 2. The number of aliphatic hydroxyl groups is 1. The van der Waals surface area contributed by atoms with Crippen LogP contribution >= 0.6 is 0 Å². The summed E-state index contributed by atoms with van der Waals surface area (Å²) >= 11 is 0. The fourth-order valence-electron chi connectivity index (χ4n) is 4.51. The van der Waals surface area contributed by atoms with E-state index in [0.717, 1.165) is 53.3 Å². The van der Waals surface area contributed by atoms with Crippen molar-refractivity contribution >= 4 is 0 Å². The van der Waals surface area contributed by atoms with Crippen LogP contribution in [0.25, 0.3) is 22.5 Å². The summed E-state index contributed by atoms with van der Waals surface area (Å²) in [6, 6.07) is 16.7. The second-order valence-electron chi connectivity index (χ2n) is 8.46. The molecule has 0 spiro atoms. The van der Waals surface area contributed by atoms with Crippen LogP contribution in [0.15, 0.2) is 48.5 Å². The molecule has 32 heavy (non-hydrogen) atoms. The second kappa shape index (κ2) is 9.04. The van der Waals surface area contributed by atoms with Crippen LogP contribution in [0.1, 0.15) is 61.3 Å². The molecule has 0 aliphatic heterocycles. The van der Waals surface area contributed by atoms with Crippen molar-refractivity contribution in [3.63, 3.8) is 0 Å². The number of H-pyrrole nitrogens is 1. The molecule has 2 heterocycles. The number of imidazole rings is 1. The molecule has 7 nitrogen and oxygen atoms in total. The SMILES string of the molecule is CCCc1nc(C2CCC2)c(CO)n1Cc1ccc(-c2ccccc2-c2nn[nH]n2)cc1. The third-order valence-electron chi connectivity index (χ3n) is 6.42. The van der Waals surface area contributed by atoms with Gasteiger partial charge < -0.3 is 9.67 Å². The van der Waals surface area contributed by atoms with Crippen molar-refractivity contribution in [1.29, 1.82) is 0 Å². The lowest BCUT2D eigenvalue weighted by molar-refractivity contribution is 0.266. The van der Waals surface area contributed by atoms with Crippen LogP contribution in [0.4, 0.5) is 0 Å². The van der Waals surface area contributed by atoms with Crippen molar-refractivity contribution < 1.29 is 5.11 Å². The van der Waals surface area contributed by atoms with E-state index in [1.54, 1.807) is 0 Å². The van der Waals surface area contributed by atoms with E-state index in [4.69, 9.17) is 4.98 Å². The Hall–Kier alpha value is -3.32. The first-order valence-corrected chi connectivity index (χ1v) is 11.4. The van der Waals surface area contributed by atoms with Crippen molar-refractivity contribution in [3.05, 3.63) is 71.3 Å². The molecular weight excluding hydrogens is 400 g/mol. The molecule has 1 saturated carbocycles. The highest BCUT2D eigenvalue weighted by molar-refractivity contribution is 5.80. The standard InChI is InChI=1S/C25H28N6O/c1-2-6-23-26-24(19-7-5-8-19)22(16-32)31(23)15-17-11-13-18(14-12-17)20-9-3-4-10-21(20)25-27-29-30-28-25/h3-4,9-14,19,32H,2,5-8,15-16H2,1H3,(H,27,28,29,30). The zero-order valence-corrected chi connectivity index (χ0v) is 18.3. The first-order chi connectivity index (χ1) is 15.8. The van der Waals surface area contributed by atoms with Crippen LogP contribution in [0.5, 0.6) is 0 Å². The molecule has 2 aromatic heterocycles. The van der Waals surface area contributed by atoms with Crippen molar-refractivity contribution in [2.24, 2.45) is 0 Å². The fourth-order valence-corrected chi connectivity index (χ4v) is 4.51. The zero-order chi connectivity index (χ0) is 21.9. The van der Waals surface area contributed by atoms with Gasteiger partial charge in [-0.05, 0) is 41.2 Å². The van der Waals surface area contributed by atoms with Crippen molar-refractivity contribution in [3.8, 4) is 22.5 Å². The third kappa shape index (κ3) is 3.84. The summed E-state index contributed by atoms with van der Waals surface area (Å²) < 4.78 is 2.24. The first-order valence-electron chi connectivity index (χ1n) is 11.4. The van der Waals surface area contributed by atoms with Gasteiger partial charge in [-0.1, -0.05) is 61.9 Å². The van der Waals surface area contributed by atoms with Crippen molar-refractivity contribution in [2.75, 3.05) is 0 Å². The molecule has 0 saturated heterocycles. The number of nitrogens with one attached hydrogen (secondary N) is 1. The molecule has 5 rings (SSSR count). The van der Waals surface area contributed by atoms with Gasteiger partial charge in [0.2, 0.25) is 5.82 Å².